The number of rotatable bonds is 7. The van der Waals surface area contributed by atoms with Crippen LogP contribution in [0.4, 0.5) is 0 Å². The Kier molecular flexibility index (Phi) is 9.23. The molecule has 0 spiro atoms. The van der Waals surface area contributed by atoms with E-state index in [0.717, 1.165) is 6.26 Å². The summed E-state index contributed by atoms with van der Waals surface area (Å²) in [5, 5.41) is 71.2. The van der Waals surface area contributed by atoms with Crippen LogP contribution in [-0.2, 0) is 28.5 Å². The third-order valence-electron chi connectivity index (χ3n) is 7.84. The molecule has 0 bridgehead atoms. The second-order valence-corrected chi connectivity index (χ2v) is 10.2. The number of carbonyl (C=O) groups is 2. The number of hydrogen-bond acceptors (Lipinski definition) is 13. The molecule has 1 fully saturated rings. The van der Waals surface area contributed by atoms with Crippen molar-refractivity contribution in [3.63, 3.8) is 0 Å². The first kappa shape index (κ1) is 30.7. The largest absolute Gasteiger partial charge is 0.504 e. The van der Waals surface area contributed by atoms with Gasteiger partial charge in [0.25, 0.3) is 0 Å². The summed E-state index contributed by atoms with van der Waals surface area (Å²) >= 11 is 0. The molecule has 0 radical (unpaired) electrons. The predicted octanol–water partition coefficient (Wildman–Crippen LogP) is -0.927. The van der Waals surface area contributed by atoms with Gasteiger partial charge in [0.2, 0.25) is 12.2 Å². The summed E-state index contributed by atoms with van der Waals surface area (Å²) in [6.45, 7) is 4.35. The smallest absolute Gasteiger partial charge is 0.337 e. The lowest BCUT2D eigenvalue weighted by Crippen LogP contribution is -2.60. The van der Waals surface area contributed by atoms with Crippen molar-refractivity contribution < 1.29 is 64.3 Å². The minimum Gasteiger partial charge on any atom is -0.504 e. The standard InChI is InChI=1S/C27H35NO13/c1-4-12-13(5-17-14-6-18(31)19(32)7-15(14)20(33)8-28(17)11(2)30)16(25(37)38-3)10-39-26(12)41-27-24(36)23(35)22(34)21(9-29)40-27/h4,6-7,10,12-13,17,20-24,26-27,29,31-36H,1,5,8-9H2,2-3H3/t12-,13+,17-,20+,21-,22+,23+,24-,26+,27-/m1/s1. The van der Waals surface area contributed by atoms with Gasteiger partial charge in [0.15, 0.2) is 17.8 Å². The first-order chi connectivity index (χ1) is 19.4. The molecular formula is C27H35NO13. The van der Waals surface area contributed by atoms with E-state index in [1.54, 1.807) is 0 Å². The van der Waals surface area contributed by atoms with Crippen LogP contribution in [0.1, 0.15) is 36.6 Å². The third-order valence-corrected chi connectivity index (χ3v) is 7.84. The highest BCUT2D eigenvalue weighted by atomic mass is 16.8. The van der Waals surface area contributed by atoms with Gasteiger partial charge in [0.05, 0.1) is 44.2 Å². The zero-order chi connectivity index (χ0) is 30.2. The van der Waals surface area contributed by atoms with Gasteiger partial charge in [-0.1, -0.05) is 6.08 Å². The quantitative estimate of drug-likeness (QED) is 0.118. The number of phenolic OH excluding ortho intramolecular Hbond substituents is 2. The zero-order valence-corrected chi connectivity index (χ0v) is 22.4. The van der Waals surface area contributed by atoms with Gasteiger partial charge >= 0.3 is 5.97 Å². The highest BCUT2D eigenvalue weighted by molar-refractivity contribution is 5.89. The Balaban J connectivity index is 1.71. The van der Waals surface area contributed by atoms with E-state index >= 15 is 0 Å². The number of β-amino-alcohol motifs (C(OH)–C–C–N with tert-alkyl or cyclic N) is 1. The number of ether oxygens (including phenoxy) is 4. The van der Waals surface area contributed by atoms with Crippen LogP contribution in [0.25, 0.3) is 0 Å². The minimum absolute atomic E-state index is 0.0129. The Morgan fingerprint density at radius 3 is 2.32 bits per heavy atom. The van der Waals surface area contributed by atoms with E-state index in [-0.39, 0.29) is 18.5 Å². The van der Waals surface area contributed by atoms with E-state index in [9.17, 15) is 45.3 Å². The van der Waals surface area contributed by atoms with Crippen molar-refractivity contribution in [1.29, 1.82) is 0 Å². The van der Waals surface area contributed by atoms with Crippen molar-refractivity contribution >= 4 is 11.9 Å². The van der Waals surface area contributed by atoms with Gasteiger partial charge < -0.3 is 59.6 Å². The lowest BCUT2D eigenvalue weighted by Gasteiger charge is -2.45. The number of amides is 1. The Morgan fingerprint density at radius 1 is 1.07 bits per heavy atom. The lowest BCUT2D eigenvalue weighted by molar-refractivity contribution is -0.339. The van der Waals surface area contributed by atoms with Crippen LogP contribution in [-0.4, -0.2) is 110 Å². The molecule has 1 aromatic rings. The van der Waals surface area contributed by atoms with Gasteiger partial charge in [0, 0.05) is 18.8 Å². The van der Waals surface area contributed by atoms with Crippen molar-refractivity contribution in [2.75, 3.05) is 20.3 Å². The molecule has 1 saturated heterocycles. The number of aromatic hydroxyl groups is 2. The van der Waals surface area contributed by atoms with E-state index in [1.165, 1.54) is 37.1 Å². The number of nitrogens with zero attached hydrogens (tertiary/aromatic N) is 1. The van der Waals surface area contributed by atoms with Crippen LogP contribution in [0.2, 0.25) is 0 Å². The number of aliphatic hydroxyl groups is 5. The molecule has 1 amide bonds. The molecule has 14 heteroatoms. The number of benzene rings is 1. The second-order valence-electron chi connectivity index (χ2n) is 10.2. The SMILES string of the molecule is C=C[C@H]1[C@H](O[C@H]2O[C@H](CO)[C@H](O)[C@H](O)[C@H]2O)OC=C(C(=O)OC)[C@H]1C[C@@H]1c2cc(O)c(O)cc2[C@@H](O)CN1C(C)=O. The number of esters is 1. The molecular weight excluding hydrogens is 546 g/mol. The van der Waals surface area contributed by atoms with Gasteiger partial charge in [-0.2, -0.15) is 0 Å². The number of phenols is 2. The molecule has 7 N–H and O–H groups in total. The fraction of sp³-hybridized carbons (Fsp3) is 0.556. The Bertz CT molecular complexity index is 1190. The number of carbonyl (C=O) groups excluding carboxylic acids is 2. The molecule has 4 rings (SSSR count). The van der Waals surface area contributed by atoms with E-state index in [1.807, 2.05) is 0 Å². The molecule has 3 heterocycles. The Labute approximate surface area is 235 Å². The first-order valence-corrected chi connectivity index (χ1v) is 13.0. The average Bonchev–Trinajstić information content (AvgIpc) is 2.95. The normalized spacial score (nSPS) is 35.1. The molecule has 3 aliphatic heterocycles. The van der Waals surface area contributed by atoms with Crippen LogP contribution in [0, 0.1) is 11.8 Å². The molecule has 0 saturated carbocycles. The van der Waals surface area contributed by atoms with Gasteiger partial charge in [-0.3, -0.25) is 4.79 Å². The lowest BCUT2D eigenvalue weighted by atomic mass is 9.76. The highest BCUT2D eigenvalue weighted by Crippen LogP contribution is 2.47. The second kappa shape index (κ2) is 12.3. The predicted molar refractivity (Wildman–Crippen MR) is 136 cm³/mol. The molecule has 1 aromatic carbocycles. The average molecular weight is 582 g/mol. The summed E-state index contributed by atoms with van der Waals surface area (Å²) < 4.78 is 21.9. The summed E-state index contributed by atoms with van der Waals surface area (Å²) in [7, 11) is 1.18. The van der Waals surface area contributed by atoms with Gasteiger partial charge in [-0.15, -0.1) is 6.58 Å². The molecule has 0 aromatic heterocycles. The zero-order valence-electron chi connectivity index (χ0n) is 22.4. The van der Waals surface area contributed by atoms with Crippen LogP contribution in [0.15, 0.2) is 36.6 Å². The van der Waals surface area contributed by atoms with Crippen LogP contribution in [0.5, 0.6) is 11.5 Å². The summed E-state index contributed by atoms with van der Waals surface area (Å²) in [5.41, 5.74) is 0.701. The van der Waals surface area contributed by atoms with Crippen LogP contribution in [0.3, 0.4) is 0 Å². The topological polar surface area (TPSA) is 216 Å². The Morgan fingerprint density at radius 2 is 1.73 bits per heavy atom. The fourth-order valence-electron chi connectivity index (χ4n) is 5.64. The molecule has 10 atom stereocenters. The Hall–Kier alpha value is -3.24. The highest BCUT2D eigenvalue weighted by Gasteiger charge is 2.48. The molecule has 14 nitrogen and oxygen atoms in total. The summed E-state index contributed by atoms with van der Waals surface area (Å²) in [6, 6.07) is 1.67. The van der Waals surface area contributed by atoms with Gasteiger partial charge in [0.1, 0.15) is 24.4 Å². The van der Waals surface area contributed by atoms with E-state index < -0.39 is 91.0 Å². The van der Waals surface area contributed by atoms with Gasteiger partial charge in [-0.05, 0) is 29.7 Å². The third kappa shape index (κ3) is 5.77. The van der Waals surface area contributed by atoms with E-state index in [4.69, 9.17) is 18.9 Å². The molecule has 3 aliphatic rings. The first-order valence-electron chi connectivity index (χ1n) is 13.0. The van der Waals surface area contributed by atoms with Crippen molar-refractivity contribution in [3.05, 3.63) is 47.7 Å². The molecule has 226 valence electrons. The van der Waals surface area contributed by atoms with Crippen molar-refractivity contribution in [2.45, 2.75) is 62.5 Å². The van der Waals surface area contributed by atoms with Crippen LogP contribution < -0.4 is 0 Å². The maximum Gasteiger partial charge on any atom is 0.337 e. The van der Waals surface area contributed by atoms with Crippen molar-refractivity contribution in [3.8, 4) is 11.5 Å². The molecule has 41 heavy (non-hydrogen) atoms. The maximum atomic E-state index is 12.8. The summed E-state index contributed by atoms with van der Waals surface area (Å²) in [5.74, 6) is -3.72. The van der Waals surface area contributed by atoms with Crippen molar-refractivity contribution in [2.24, 2.45) is 11.8 Å². The molecule has 0 unspecified atom stereocenters. The van der Waals surface area contributed by atoms with Crippen LogP contribution >= 0.6 is 0 Å². The summed E-state index contributed by atoms with van der Waals surface area (Å²) in [6.07, 6.45) is -7.68. The maximum absolute atomic E-state index is 12.8. The van der Waals surface area contributed by atoms with Crippen molar-refractivity contribution in [1.82, 2.24) is 4.90 Å². The fourth-order valence-corrected chi connectivity index (χ4v) is 5.64. The van der Waals surface area contributed by atoms with E-state index in [0.29, 0.717) is 11.1 Å². The summed E-state index contributed by atoms with van der Waals surface area (Å²) in [4.78, 5) is 26.9. The minimum atomic E-state index is -1.72. The monoisotopic (exact) mass is 581 g/mol. The number of methoxy groups -OCH3 is 1. The number of hydrogen-bond donors (Lipinski definition) is 7. The van der Waals surface area contributed by atoms with E-state index in [2.05, 4.69) is 6.58 Å². The van der Waals surface area contributed by atoms with Gasteiger partial charge in [-0.25, -0.2) is 4.79 Å². The molecule has 0 aliphatic carbocycles. The number of fused-ring (bicyclic) bond motifs is 1. The number of aliphatic hydroxyl groups excluding tert-OH is 5.